The second-order valence-corrected chi connectivity index (χ2v) is 6.80. The van der Waals surface area contributed by atoms with Crippen LogP contribution in [-0.2, 0) is 10.0 Å². The minimum absolute atomic E-state index is 0.174. The van der Waals surface area contributed by atoms with Crippen LogP contribution in [0.5, 0.6) is 5.75 Å². The number of nitrogens with one attached hydrogen (secondary N) is 1. The van der Waals surface area contributed by atoms with Crippen molar-refractivity contribution in [2.45, 2.75) is 4.90 Å². The summed E-state index contributed by atoms with van der Waals surface area (Å²) in [6, 6.07) is 19.7. The quantitative estimate of drug-likeness (QED) is 0.573. The van der Waals surface area contributed by atoms with E-state index < -0.39 is 10.0 Å². The third kappa shape index (κ3) is 3.55. The van der Waals surface area contributed by atoms with Crippen LogP contribution in [0.15, 0.2) is 76.7 Å². The fourth-order valence-corrected chi connectivity index (χ4v) is 3.07. The van der Waals surface area contributed by atoms with E-state index in [2.05, 4.69) is 9.93 Å². The Kier molecular flexibility index (Phi) is 4.48. The first kappa shape index (κ1) is 16.0. The molecule has 0 spiro atoms. The third-order valence-corrected chi connectivity index (χ3v) is 4.75. The number of nitrogens with zero attached hydrogens (tertiary/aromatic N) is 1. The van der Waals surface area contributed by atoms with Crippen molar-refractivity contribution in [1.29, 1.82) is 0 Å². The summed E-state index contributed by atoms with van der Waals surface area (Å²) < 4.78 is 29.7. The van der Waals surface area contributed by atoms with E-state index in [4.69, 9.17) is 4.74 Å². The Morgan fingerprint density at radius 1 is 0.958 bits per heavy atom. The summed E-state index contributed by atoms with van der Waals surface area (Å²) in [6.45, 7) is 0. The van der Waals surface area contributed by atoms with Crippen molar-refractivity contribution in [2.24, 2.45) is 5.10 Å². The number of benzene rings is 3. The lowest BCUT2D eigenvalue weighted by atomic mass is 10.1. The van der Waals surface area contributed by atoms with Gasteiger partial charge in [0.05, 0.1) is 18.2 Å². The molecule has 24 heavy (non-hydrogen) atoms. The van der Waals surface area contributed by atoms with Crippen LogP contribution in [0, 0.1) is 0 Å². The van der Waals surface area contributed by atoms with E-state index in [0.29, 0.717) is 0 Å². The second kappa shape index (κ2) is 6.72. The number of hydrazone groups is 1. The molecule has 122 valence electrons. The van der Waals surface area contributed by atoms with Crippen LogP contribution in [0.1, 0.15) is 5.56 Å². The van der Waals surface area contributed by atoms with Crippen molar-refractivity contribution in [1.82, 2.24) is 4.83 Å². The Morgan fingerprint density at radius 2 is 1.67 bits per heavy atom. The standard InChI is InChI=1S/C18H16N2O3S/c1-23-17-9-6-14(7-10-17)13-19-20-24(21,22)18-11-8-15-4-2-3-5-16(15)12-18/h2-13,20H,1H3/b19-13-. The van der Waals surface area contributed by atoms with Gasteiger partial charge >= 0.3 is 0 Å². The predicted octanol–water partition coefficient (Wildman–Crippen LogP) is 3.16. The first-order valence-electron chi connectivity index (χ1n) is 7.26. The Labute approximate surface area is 140 Å². The molecule has 0 radical (unpaired) electrons. The van der Waals surface area contributed by atoms with Crippen LogP contribution >= 0.6 is 0 Å². The fourth-order valence-electron chi connectivity index (χ4n) is 2.25. The highest BCUT2D eigenvalue weighted by atomic mass is 32.2. The SMILES string of the molecule is COc1ccc(/C=N\NS(=O)(=O)c2ccc3ccccc3c2)cc1. The first-order valence-corrected chi connectivity index (χ1v) is 8.74. The highest BCUT2D eigenvalue weighted by molar-refractivity contribution is 7.89. The highest BCUT2D eigenvalue weighted by Crippen LogP contribution is 2.18. The maximum Gasteiger partial charge on any atom is 0.276 e. The first-order chi connectivity index (χ1) is 11.6. The predicted molar refractivity (Wildman–Crippen MR) is 94.9 cm³/mol. The molecule has 0 fully saturated rings. The molecular weight excluding hydrogens is 324 g/mol. The Morgan fingerprint density at radius 3 is 2.38 bits per heavy atom. The number of rotatable bonds is 5. The molecule has 0 bridgehead atoms. The normalized spacial score (nSPS) is 11.7. The monoisotopic (exact) mass is 340 g/mol. The van der Waals surface area contributed by atoms with Gasteiger partial charge in [-0.1, -0.05) is 30.3 Å². The maximum absolute atomic E-state index is 12.3. The molecule has 3 rings (SSSR count). The molecule has 3 aromatic carbocycles. The van der Waals surface area contributed by atoms with Crippen LogP contribution in [0.2, 0.25) is 0 Å². The molecule has 0 saturated heterocycles. The highest BCUT2D eigenvalue weighted by Gasteiger charge is 2.12. The van der Waals surface area contributed by atoms with Crippen molar-refractivity contribution in [3.63, 3.8) is 0 Å². The molecule has 0 heterocycles. The van der Waals surface area contributed by atoms with Crippen molar-refractivity contribution >= 4 is 27.0 Å². The molecule has 0 amide bonds. The van der Waals surface area contributed by atoms with Gasteiger partial charge in [0, 0.05) is 0 Å². The van der Waals surface area contributed by atoms with Gasteiger partial charge in [-0.25, -0.2) is 4.83 Å². The van der Waals surface area contributed by atoms with E-state index in [1.807, 2.05) is 24.3 Å². The van der Waals surface area contributed by atoms with Crippen molar-refractivity contribution in [2.75, 3.05) is 7.11 Å². The number of ether oxygens (including phenoxy) is 1. The van der Waals surface area contributed by atoms with Gasteiger partial charge in [0.2, 0.25) is 0 Å². The number of hydrogen-bond donors (Lipinski definition) is 1. The summed E-state index contributed by atoms with van der Waals surface area (Å²) in [5, 5.41) is 5.67. The van der Waals surface area contributed by atoms with Crippen LogP contribution in [-0.4, -0.2) is 21.7 Å². The van der Waals surface area contributed by atoms with E-state index in [1.165, 1.54) is 6.21 Å². The van der Waals surface area contributed by atoms with Gasteiger partial charge < -0.3 is 4.74 Å². The van der Waals surface area contributed by atoms with Gasteiger partial charge in [-0.15, -0.1) is 0 Å². The summed E-state index contributed by atoms with van der Waals surface area (Å²) in [6.07, 6.45) is 1.44. The van der Waals surface area contributed by atoms with Gasteiger partial charge in [-0.05, 0) is 52.7 Å². The summed E-state index contributed by atoms with van der Waals surface area (Å²) in [5.74, 6) is 0.726. The summed E-state index contributed by atoms with van der Waals surface area (Å²) in [5.41, 5.74) is 0.761. The molecule has 0 aliphatic carbocycles. The smallest absolute Gasteiger partial charge is 0.276 e. The van der Waals surface area contributed by atoms with Crippen LogP contribution < -0.4 is 9.57 Å². The zero-order chi connectivity index (χ0) is 17.0. The minimum Gasteiger partial charge on any atom is -0.497 e. The van der Waals surface area contributed by atoms with Gasteiger partial charge in [0.15, 0.2) is 0 Å². The summed E-state index contributed by atoms with van der Waals surface area (Å²) in [4.78, 5) is 2.40. The molecule has 3 aromatic rings. The Bertz CT molecular complexity index is 981. The van der Waals surface area contributed by atoms with Gasteiger partial charge in [-0.3, -0.25) is 0 Å². The molecule has 0 saturated carbocycles. The fraction of sp³-hybridized carbons (Fsp3) is 0.0556. The maximum atomic E-state index is 12.3. The Balaban J connectivity index is 1.77. The van der Waals surface area contributed by atoms with E-state index in [-0.39, 0.29) is 4.90 Å². The molecule has 5 nitrogen and oxygen atoms in total. The average Bonchev–Trinajstić information content (AvgIpc) is 2.62. The van der Waals surface area contributed by atoms with E-state index >= 15 is 0 Å². The number of hydrogen-bond acceptors (Lipinski definition) is 4. The van der Waals surface area contributed by atoms with E-state index in [9.17, 15) is 8.42 Å². The van der Waals surface area contributed by atoms with Gasteiger partial charge in [0.25, 0.3) is 10.0 Å². The van der Waals surface area contributed by atoms with Crippen molar-refractivity contribution in [3.8, 4) is 5.75 Å². The summed E-state index contributed by atoms with van der Waals surface area (Å²) in [7, 11) is -2.12. The zero-order valence-corrected chi connectivity index (χ0v) is 13.8. The van der Waals surface area contributed by atoms with Gasteiger partial charge in [-0.2, -0.15) is 13.5 Å². The summed E-state index contributed by atoms with van der Waals surface area (Å²) >= 11 is 0. The average molecular weight is 340 g/mol. The minimum atomic E-state index is -3.71. The van der Waals surface area contributed by atoms with E-state index in [0.717, 1.165) is 22.1 Å². The second-order valence-electron chi connectivity index (χ2n) is 5.14. The topological polar surface area (TPSA) is 67.8 Å². The molecule has 1 N–H and O–H groups in total. The van der Waals surface area contributed by atoms with Crippen molar-refractivity contribution in [3.05, 3.63) is 72.3 Å². The van der Waals surface area contributed by atoms with Crippen LogP contribution in [0.3, 0.4) is 0 Å². The lowest BCUT2D eigenvalue weighted by Crippen LogP contribution is -2.18. The zero-order valence-electron chi connectivity index (χ0n) is 13.0. The number of sulfonamides is 1. The van der Waals surface area contributed by atoms with E-state index in [1.54, 1.807) is 49.6 Å². The molecule has 0 aliphatic heterocycles. The molecule has 0 aliphatic rings. The van der Waals surface area contributed by atoms with Gasteiger partial charge in [0.1, 0.15) is 5.75 Å². The molecular formula is C18H16N2O3S. The molecule has 6 heteroatoms. The largest absolute Gasteiger partial charge is 0.497 e. The molecule has 0 unspecified atom stereocenters. The lowest BCUT2D eigenvalue weighted by molar-refractivity contribution is 0.415. The lowest BCUT2D eigenvalue weighted by Gasteiger charge is -2.05. The van der Waals surface area contributed by atoms with Crippen LogP contribution in [0.25, 0.3) is 10.8 Å². The third-order valence-electron chi connectivity index (χ3n) is 3.53. The number of fused-ring (bicyclic) bond motifs is 1. The molecule has 0 atom stereocenters. The van der Waals surface area contributed by atoms with Crippen LogP contribution in [0.4, 0.5) is 0 Å². The number of methoxy groups -OCH3 is 1. The Hall–Kier alpha value is -2.86. The van der Waals surface area contributed by atoms with Crippen molar-refractivity contribution < 1.29 is 13.2 Å². The molecule has 0 aromatic heterocycles.